The first-order valence-electron chi connectivity index (χ1n) is 7.49. The van der Waals surface area contributed by atoms with Crippen LogP contribution in [0.4, 0.5) is 0 Å². The molecule has 0 saturated heterocycles. The Hall–Kier alpha value is -2.51. The minimum absolute atomic E-state index is 0.152. The van der Waals surface area contributed by atoms with E-state index < -0.39 is 0 Å². The van der Waals surface area contributed by atoms with E-state index in [9.17, 15) is 0 Å². The largest absolute Gasteiger partial charge is 0.431 e. The lowest BCUT2D eigenvalue weighted by Crippen LogP contribution is -1.94. The fourth-order valence-corrected chi connectivity index (χ4v) is 2.99. The van der Waals surface area contributed by atoms with Crippen LogP contribution in [0.3, 0.4) is 0 Å². The minimum atomic E-state index is -0.152. The number of thioether (sulfide) groups is 1. The number of oxazole rings is 1. The fourth-order valence-electron chi connectivity index (χ4n) is 2.25. The van der Waals surface area contributed by atoms with E-state index in [0.717, 1.165) is 29.0 Å². The lowest BCUT2D eigenvalue weighted by atomic mass is 10.1. The van der Waals surface area contributed by atoms with Crippen LogP contribution >= 0.6 is 11.8 Å². The van der Waals surface area contributed by atoms with Gasteiger partial charge in [-0.3, -0.25) is 0 Å². The van der Waals surface area contributed by atoms with Gasteiger partial charge in [-0.15, -0.1) is 0 Å². The predicted molar refractivity (Wildman–Crippen MR) is 92.9 cm³/mol. The minimum Gasteiger partial charge on any atom is -0.431 e. The Morgan fingerprint density at radius 3 is 2.22 bits per heavy atom. The first-order valence-corrected chi connectivity index (χ1v) is 8.37. The Bertz CT molecular complexity index is 749. The van der Waals surface area contributed by atoms with Crippen LogP contribution in [0.25, 0.3) is 22.6 Å². The van der Waals surface area contributed by atoms with Crippen LogP contribution in [-0.4, -0.2) is 10.2 Å². The predicted octanol–water partition coefficient (Wildman–Crippen LogP) is 5.40. The van der Waals surface area contributed by atoms with Gasteiger partial charge in [0.05, 0.1) is 6.07 Å². The third kappa shape index (κ3) is 3.46. The molecule has 1 unspecified atom stereocenters. The summed E-state index contributed by atoms with van der Waals surface area (Å²) < 4.78 is 5.99. The quantitative estimate of drug-likeness (QED) is 0.590. The molecule has 3 nitrogen and oxygen atoms in total. The Balaban J connectivity index is 2.06. The molecule has 23 heavy (non-hydrogen) atoms. The highest BCUT2D eigenvalue weighted by Crippen LogP contribution is 2.36. The molecule has 0 saturated carbocycles. The van der Waals surface area contributed by atoms with Gasteiger partial charge in [0, 0.05) is 11.1 Å². The van der Waals surface area contributed by atoms with Crippen LogP contribution in [0.5, 0.6) is 0 Å². The van der Waals surface area contributed by atoms with E-state index in [4.69, 9.17) is 9.68 Å². The zero-order valence-electron chi connectivity index (χ0n) is 12.8. The molecule has 4 heteroatoms. The molecule has 0 fully saturated rings. The molecule has 3 aromatic rings. The van der Waals surface area contributed by atoms with Gasteiger partial charge < -0.3 is 4.42 Å². The van der Waals surface area contributed by atoms with E-state index in [-0.39, 0.29) is 5.25 Å². The monoisotopic (exact) mass is 320 g/mol. The van der Waals surface area contributed by atoms with Gasteiger partial charge >= 0.3 is 0 Å². The molecule has 1 aromatic heterocycles. The Labute approximate surface area is 140 Å². The molecule has 0 N–H and O–H groups in total. The summed E-state index contributed by atoms with van der Waals surface area (Å²) in [5, 5.41) is 9.54. The van der Waals surface area contributed by atoms with Gasteiger partial charge in [0.25, 0.3) is 5.22 Å². The molecule has 0 aliphatic carbocycles. The molecule has 3 rings (SSSR count). The van der Waals surface area contributed by atoms with E-state index in [1.807, 2.05) is 67.6 Å². The number of benzene rings is 2. The van der Waals surface area contributed by atoms with E-state index >= 15 is 0 Å². The van der Waals surface area contributed by atoms with Gasteiger partial charge in [-0.05, 0) is 18.2 Å². The fraction of sp³-hybridized carbons (Fsp3) is 0.158. The molecule has 114 valence electrons. The number of rotatable bonds is 5. The summed E-state index contributed by atoms with van der Waals surface area (Å²) >= 11 is 1.37. The van der Waals surface area contributed by atoms with E-state index in [2.05, 4.69) is 11.1 Å². The second kappa shape index (κ2) is 7.17. The SMILES string of the molecule is CCC(C#N)Sc1nc(-c2ccccc2)c(-c2ccccc2)o1. The summed E-state index contributed by atoms with van der Waals surface area (Å²) in [5.41, 5.74) is 2.80. The number of aromatic nitrogens is 1. The summed E-state index contributed by atoms with van der Waals surface area (Å²) in [7, 11) is 0. The van der Waals surface area contributed by atoms with Crippen LogP contribution in [0, 0.1) is 11.3 Å². The van der Waals surface area contributed by atoms with Gasteiger partial charge in [-0.25, -0.2) is 4.98 Å². The highest BCUT2D eigenvalue weighted by Gasteiger charge is 2.19. The van der Waals surface area contributed by atoms with Crippen molar-refractivity contribution < 1.29 is 4.42 Å². The zero-order chi connectivity index (χ0) is 16.1. The average Bonchev–Trinajstić information content (AvgIpc) is 3.05. The maximum absolute atomic E-state index is 9.16. The second-order valence-electron chi connectivity index (χ2n) is 5.03. The molecule has 0 amide bonds. The maximum atomic E-state index is 9.16. The Kier molecular flexibility index (Phi) is 4.80. The van der Waals surface area contributed by atoms with Crippen LogP contribution < -0.4 is 0 Å². The van der Waals surface area contributed by atoms with Gasteiger partial charge in [0.15, 0.2) is 5.76 Å². The summed E-state index contributed by atoms with van der Waals surface area (Å²) in [6.45, 7) is 1.99. The first kappa shape index (κ1) is 15.4. The van der Waals surface area contributed by atoms with Crippen molar-refractivity contribution >= 4 is 11.8 Å². The van der Waals surface area contributed by atoms with Gasteiger partial charge in [0.1, 0.15) is 10.9 Å². The second-order valence-corrected chi connectivity index (χ2v) is 6.19. The molecule has 1 atom stereocenters. The van der Waals surface area contributed by atoms with Gasteiger partial charge in [-0.1, -0.05) is 67.6 Å². The van der Waals surface area contributed by atoms with E-state index in [1.54, 1.807) is 0 Å². The maximum Gasteiger partial charge on any atom is 0.258 e. The standard InChI is InChI=1S/C19H16N2OS/c1-2-16(13-20)23-19-21-17(14-9-5-3-6-10-14)18(22-19)15-11-7-4-8-12-15/h3-12,16H,2H2,1H3. The number of hydrogen-bond donors (Lipinski definition) is 0. The van der Waals surface area contributed by atoms with Crippen molar-refractivity contribution in [2.75, 3.05) is 0 Å². The van der Waals surface area contributed by atoms with Crippen LogP contribution in [0.1, 0.15) is 13.3 Å². The third-order valence-electron chi connectivity index (χ3n) is 3.45. The Morgan fingerprint density at radius 2 is 1.65 bits per heavy atom. The van der Waals surface area contributed by atoms with Crippen molar-refractivity contribution in [1.29, 1.82) is 5.26 Å². The molecular formula is C19H16N2OS. The van der Waals surface area contributed by atoms with Crippen molar-refractivity contribution in [3.8, 4) is 28.7 Å². The molecule has 1 heterocycles. The molecule has 0 spiro atoms. The molecule has 0 aliphatic heterocycles. The van der Waals surface area contributed by atoms with Crippen LogP contribution in [0.15, 0.2) is 70.3 Å². The van der Waals surface area contributed by atoms with Crippen molar-refractivity contribution in [3.05, 3.63) is 60.7 Å². The Morgan fingerprint density at radius 1 is 1.04 bits per heavy atom. The van der Waals surface area contributed by atoms with Crippen molar-refractivity contribution in [2.45, 2.75) is 23.8 Å². The summed E-state index contributed by atoms with van der Waals surface area (Å²) in [6.07, 6.45) is 0.755. The summed E-state index contributed by atoms with van der Waals surface area (Å²) in [5.74, 6) is 0.743. The lowest BCUT2D eigenvalue weighted by molar-refractivity contribution is 0.465. The molecule has 0 aliphatic rings. The van der Waals surface area contributed by atoms with E-state index in [1.165, 1.54) is 11.8 Å². The van der Waals surface area contributed by atoms with Crippen molar-refractivity contribution in [2.24, 2.45) is 0 Å². The normalized spacial score (nSPS) is 11.8. The third-order valence-corrected chi connectivity index (χ3v) is 4.55. The van der Waals surface area contributed by atoms with Gasteiger partial charge in [0.2, 0.25) is 0 Å². The number of nitrogens with zero attached hydrogens (tertiary/aromatic N) is 2. The summed E-state index contributed by atoms with van der Waals surface area (Å²) in [4.78, 5) is 4.64. The topological polar surface area (TPSA) is 49.8 Å². The highest BCUT2D eigenvalue weighted by molar-refractivity contribution is 7.99. The van der Waals surface area contributed by atoms with Crippen molar-refractivity contribution in [1.82, 2.24) is 4.98 Å². The first-order chi connectivity index (χ1) is 11.3. The molecule has 2 aromatic carbocycles. The summed E-state index contributed by atoms with van der Waals surface area (Å²) in [6, 6.07) is 22.2. The van der Waals surface area contributed by atoms with Crippen LogP contribution in [-0.2, 0) is 0 Å². The van der Waals surface area contributed by atoms with E-state index in [0.29, 0.717) is 5.22 Å². The zero-order valence-corrected chi connectivity index (χ0v) is 13.6. The molecular weight excluding hydrogens is 304 g/mol. The van der Waals surface area contributed by atoms with Gasteiger partial charge in [-0.2, -0.15) is 5.26 Å². The van der Waals surface area contributed by atoms with Crippen LogP contribution in [0.2, 0.25) is 0 Å². The lowest BCUT2D eigenvalue weighted by Gasteiger charge is -2.01. The smallest absolute Gasteiger partial charge is 0.258 e. The highest BCUT2D eigenvalue weighted by atomic mass is 32.2. The number of nitriles is 1. The molecule has 0 radical (unpaired) electrons. The molecule has 0 bridgehead atoms. The van der Waals surface area contributed by atoms with Crippen molar-refractivity contribution in [3.63, 3.8) is 0 Å². The average molecular weight is 320 g/mol. The number of hydrogen-bond acceptors (Lipinski definition) is 4.